The number of carbonyl (C=O) groups is 1. The molecule has 0 unspecified atom stereocenters. The average molecular weight is 414 g/mol. The molecular weight excluding hydrogens is 366 g/mol. The number of nitrogens with one attached hydrogen (secondary N) is 1. The van der Waals surface area contributed by atoms with Crippen molar-refractivity contribution in [1.82, 2.24) is 5.32 Å². The lowest BCUT2D eigenvalue weighted by molar-refractivity contribution is 0.0988. The van der Waals surface area contributed by atoms with Crippen LogP contribution in [0.25, 0.3) is 0 Å². The Labute approximate surface area is 186 Å². The lowest BCUT2D eigenvalue weighted by Gasteiger charge is -2.13. The monoisotopic (exact) mass is 413 g/mol. The van der Waals surface area contributed by atoms with Gasteiger partial charge in [-0.05, 0) is 19.3 Å². The van der Waals surface area contributed by atoms with Crippen molar-refractivity contribution in [2.45, 2.75) is 116 Å². The Morgan fingerprint density at radius 2 is 1.37 bits per heavy atom. The largest absolute Gasteiger partial charge is 0.303 e. The van der Waals surface area contributed by atoms with E-state index in [1.807, 2.05) is 30.3 Å². The Morgan fingerprint density at radius 3 is 1.93 bits per heavy atom. The summed E-state index contributed by atoms with van der Waals surface area (Å²) in [5, 5.41) is 3.43. The van der Waals surface area contributed by atoms with E-state index >= 15 is 0 Å². The third-order valence-electron chi connectivity index (χ3n) is 5.81. The number of allylic oxidation sites excluding steroid dienone is 1. The molecule has 2 heteroatoms. The zero-order valence-electron chi connectivity index (χ0n) is 19.8. The van der Waals surface area contributed by atoms with Gasteiger partial charge in [-0.1, -0.05) is 133 Å². The molecule has 1 rings (SSSR count). The first kappa shape index (κ1) is 26.6. The van der Waals surface area contributed by atoms with Gasteiger partial charge in [0.25, 0.3) is 0 Å². The number of hydrogen-bond donors (Lipinski definition) is 1. The number of benzene rings is 1. The molecule has 0 amide bonds. The zero-order chi connectivity index (χ0) is 21.7. The van der Waals surface area contributed by atoms with E-state index in [4.69, 9.17) is 0 Å². The van der Waals surface area contributed by atoms with Crippen LogP contribution in [-0.2, 0) is 0 Å². The maximum absolute atomic E-state index is 12.3. The van der Waals surface area contributed by atoms with Crippen molar-refractivity contribution in [2.75, 3.05) is 6.54 Å². The van der Waals surface area contributed by atoms with Crippen molar-refractivity contribution in [3.63, 3.8) is 0 Å². The molecule has 0 saturated heterocycles. The number of unbranched alkanes of at least 4 members (excludes halogenated alkanes) is 12. The highest BCUT2D eigenvalue weighted by atomic mass is 16.1. The van der Waals surface area contributed by atoms with Gasteiger partial charge in [-0.25, -0.2) is 0 Å². The van der Waals surface area contributed by atoms with Crippen LogP contribution in [0.5, 0.6) is 0 Å². The minimum absolute atomic E-state index is 0.172. The molecule has 0 aliphatic heterocycles. The van der Waals surface area contributed by atoms with Gasteiger partial charge in [-0.3, -0.25) is 4.79 Å². The summed E-state index contributed by atoms with van der Waals surface area (Å²) in [6.45, 7) is 4.90. The predicted molar refractivity (Wildman–Crippen MR) is 132 cm³/mol. The van der Waals surface area contributed by atoms with Crippen molar-refractivity contribution in [2.24, 2.45) is 0 Å². The molecule has 1 atom stereocenters. The summed E-state index contributed by atoms with van der Waals surface area (Å²) in [4.78, 5) is 12.3. The Kier molecular flexibility index (Phi) is 17.3. The van der Waals surface area contributed by atoms with Crippen LogP contribution in [-0.4, -0.2) is 18.4 Å². The Hall–Kier alpha value is -1.41. The number of hydrogen-bond acceptors (Lipinski definition) is 2. The summed E-state index contributed by atoms with van der Waals surface area (Å²) in [6, 6.07) is 9.88. The standard InChI is InChI=1S/C28H47NO/c1-3-5-6-7-8-9-10-11-12-13-14-15-16-20-24-27(21-4-2)29-25-28(30)26-22-18-17-19-23-26/h17-20,22-24,27,29H,3-16,21,25H2,1-2H3/b24-20+/t27-/m0/s1. The maximum atomic E-state index is 12.3. The first-order valence-electron chi connectivity index (χ1n) is 12.8. The molecule has 1 N–H and O–H groups in total. The van der Waals surface area contributed by atoms with E-state index in [0.29, 0.717) is 12.6 Å². The van der Waals surface area contributed by atoms with Gasteiger partial charge in [-0.15, -0.1) is 0 Å². The molecule has 170 valence electrons. The third-order valence-corrected chi connectivity index (χ3v) is 5.81. The first-order chi connectivity index (χ1) is 14.8. The van der Waals surface area contributed by atoms with Crippen LogP contribution in [0.3, 0.4) is 0 Å². The second-order valence-corrected chi connectivity index (χ2v) is 8.67. The third kappa shape index (κ3) is 14.6. The van der Waals surface area contributed by atoms with E-state index in [-0.39, 0.29) is 5.78 Å². The lowest BCUT2D eigenvalue weighted by Crippen LogP contribution is -2.32. The molecule has 0 aliphatic carbocycles. The second-order valence-electron chi connectivity index (χ2n) is 8.67. The van der Waals surface area contributed by atoms with Crippen molar-refractivity contribution in [3.05, 3.63) is 48.0 Å². The molecule has 1 aromatic rings. The van der Waals surface area contributed by atoms with E-state index < -0.39 is 0 Å². The Balaban J connectivity index is 2.03. The van der Waals surface area contributed by atoms with Crippen molar-refractivity contribution in [1.29, 1.82) is 0 Å². The average Bonchev–Trinajstić information content (AvgIpc) is 2.78. The quantitative estimate of drug-likeness (QED) is 0.132. The summed E-state index contributed by atoms with van der Waals surface area (Å²) in [6.07, 6.45) is 24.7. The smallest absolute Gasteiger partial charge is 0.176 e. The molecule has 0 fully saturated rings. The van der Waals surface area contributed by atoms with Crippen LogP contribution in [0.4, 0.5) is 0 Å². The van der Waals surface area contributed by atoms with Crippen molar-refractivity contribution < 1.29 is 4.79 Å². The molecule has 0 bridgehead atoms. The van der Waals surface area contributed by atoms with Gasteiger partial charge in [0.2, 0.25) is 0 Å². The SMILES string of the molecule is CCCCCCCCCCCCCC/C=C/[C@H](CCC)NCC(=O)c1ccccc1. The lowest BCUT2D eigenvalue weighted by atomic mass is 10.0. The van der Waals surface area contributed by atoms with E-state index in [0.717, 1.165) is 24.8 Å². The number of rotatable bonds is 20. The van der Waals surface area contributed by atoms with Gasteiger partial charge < -0.3 is 5.32 Å². The van der Waals surface area contributed by atoms with Gasteiger partial charge in [0.15, 0.2) is 5.78 Å². The second kappa shape index (κ2) is 19.5. The van der Waals surface area contributed by atoms with E-state index in [9.17, 15) is 4.79 Å². The normalized spacial score (nSPS) is 12.5. The molecule has 0 radical (unpaired) electrons. The van der Waals surface area contributed by atoms with Gasteiger partial charge in [-0.2, -0.15) is 0 Å². The summed E-state index contributed by atoms with van der Waals surface area (Å²) < 4.78 is 0. The summed E-state index contributed by atoms with van der Waals surface area (Å²) in [5.74, 6) is 0.172. The Morgan fingerprint density at radius 1 is 0.800 bits per heavy atom. The molecule has 30 heavy (non-hydrogen) atoms. The van der Waals surface area contributed by atoms with Crippen molar-refractivity contribution >= 4 is 5.78 Å². The summed E-state index contributed by atoms with van der Waals surface area (Å²) in [5.41, 5.74) is 0.792. The highest BCUT2D eigenvalue weighted by Crippen LogP contribution is 2.13. The number of Topliss-reactive ketones (excluding diaryl/α,β-unsaturated/α-hetero) is 1. The predicted octanol–water partition coefficient (Wildman–Crippen LogP) is 8.28. The minimum Gasteiger partial charge on any atom is -0.303 e. The fraction of sp³-hybridized carbons (Fsp3) is 0.679. The molecule has 0 heterocycles. The molecule has 0 spiro atoms. The van der Waals surface area contributed by atoms with Gasteiger partial charge in [0.05, 0.1) is 6.54 Å². The van der Waals surface area contributed by atoms with Crippen LogP contribution in [0.2, 0.25) is 0 Å². The van der Waals surface area contributed by atoms with Crippen LogP contribution in [0.15, 0.2) is 42.5 Å². The molecule has 2 nitrogen and oxygen atoms in total. The zero-order valence-corrected chi connectivity index (χ0v) is 19.8. The van der Waals surface area contributed by atoms with Crippen LogP contribution >= 0.6 is 0 Å². The minimum atomic E-state index is 0.172. The highest BCUT2D eigenvalue weighted by Gasteiger charge is 2.08. The molecular formula is C28H47NO. The molecule has 0 saturated carbocycles. The fourth-order valence-corrected chi connectivity index (χ4v) is 3.89. The van der Waals surface area contributed by atoms with Crippen molar-refractivity contribution in [3.8, 4) is 0 Å². The van der Waals surface area contributed by atoms with Gasteiger partial charge in [0.1, 0.15) is 0 Å². The van der Waals surface area contributed by atoms with E-state index in [2.05, 4.69) is 31.3 Å². The topological polar surface area (TPSA) is 29.1 Å². The molecule has 0 aliphatic rings. The van der Waals surface area contributed by atoms with Crippen LogP contribution in [0, 0.1) is 0 Å². The molecule has 0 aromatic heterocycles. The van der Waals surface area contributed by atoms with Crippen LogP contribution < -0.4 is 5.32 Å². The first-order valence-corrected chi connectivity index (χ1v) is 12.8. The fourth-order valence-electron chi connectivity index (χ4n) is 3.89. The maximum Gasteiger partial charge on any atom is 0.176 e. The molecule has 1 aromatic carbocycles. The highest BCUT2D eigenvalue weighted by molar-refractivity contribution is 5.97. The Bertz CT molecular complexity index is 537. The van der Waals surface area contributed by atoms with E-state index in [1.165, 1.54) is 77.0 Å². The van der Waals surface area contributed by atoms with E-state index in [1.54, 1.807) is 0 Å². The van der Waals surface area contributed by atoms with Crippen LogP contribution in [0.1, 0.15) is 121 Å². The number of carbonyl (C=O) groups excluding carboxylic acids is 1. The summed E-state index contributed by atoms with van der Waals surface area (Å²) >= 11 is 0. The van der Waals surface area contributed by atoms with Gasteiger partial charge >= 0.3 is 0 Å². The van der Waals surface area contributed by atoms with Gasteiger partial charge in [0, 0.05) is 11.6 Å². The summed E-state index contributed by atoms with van der Waals surface area (Å²) in [7, 11) is 0. The number of ketones is 1.